The van der Waals surface area contributed by atoms with Crippen LogP contribution < -0.4 is 5.73 Å². The molecule has 0 aromatic heterocycles. The zero-order chi connectivity index (χ0) is 13.8. The second kappa shape index (κ2) is 5.81. The Balaban J connectivity index is 2.43. The maximum absolute atomic E-state index is 12.1. The van der Waals surface area contributed by atoms with Crippen LogP contribution in [-0.4, -0.2) is 17.1 Å². The molecule has 0 bridgehead atoms. The molecule has 0 unspecified atom stereocenters. The Morgan fingerprint density at radius 3 is 2.28 bits per heavy atom. The molecule has 0 saturated heterocycles. The number of non-ortho nitro benzene ring substituents is 1. The summed E-state index contributed by atoms with van der Waals surface area (Å²) in [5, 5.41) is 10.4. The minimum absolute atomic E-state index is 0.0363. The average molecular weight is 262 g/mol. The van der Waals surface area contributed by atoms with Gasteiger partial charge in [-0.3, -0.25) is 10.1 Å². The summed E-state index contributed by atoms with van der Waals surface area (Å²) in [6.07, 6.45) is -3.81. The van der Waals surface area contributed by atoms with Gasteiger partial charge in [0.15, 0.2) is 0 Å². The summed E-state index contributed by atoms with van der Waals surface area (Å²) in [5.74, 6) is 0. The standard InChI is InChI=1S/C11H13F3N2O2/c12-11(13,14)10(15)3-1-2-8-4-6-9(7-5-8)16(17)18/h4-7,10H,1-3,15H2/t10-/m0/s1. The first-order chi connectivity index (χ1) is 8.30. The Hall–Kier alpha value is -1.63. The van der Waals surface area contributed by atoms with Gasteiger partial charge in [0.2, 0.25) is 0 Å². The molecule has 18 heavy (non-hydrogen) atoms. The van der Waals surface area contributed by atoms with Crippen LogP contribution in [0, 0.1) is 10.1 Å². The molecule has 0 aliphatic heterocycles. The van der Waals surface area contributed by atoms with E-state index in [1.807, 2.05) is 0 Å². The number of rotatable bonds is 5. The van der Waals surface area contributed by atoms with Crippen LogP contribution in [-0.2, 0) is 6.42 Å². The normalized spacial score (nSPS) is 13.3. The highest BCUT2D eigenvalue weighted by atomic mass is 19.4. The predicted octanol–water partition coefficient (Wildman–Crippen LogP) is 2.81. The van der Waals surface area contributed by atoms with Gasteiger partial charge in [0.05, 0.1) is 4.92 Å². The number of hydrogen-bond acceptors (Lipinski definition) is 3. The van der Waals surface area contributed by atoms with Crippen LogP contribution in [0.2, 0.25) is 0 Å². The maximum atomic E-state index is 12.1. The molecule has 0 radical (unpaired) electrons. The first-order valence-corrected chi connectivity index (χ1v) is 5.36. The van der Waals surface area contributed by atoms with Crippen LogP contribution in [0.1, 0.15) is 18.4 Å². The number of nitrogens with zero attached hydrogens (tertiary/aromatic N) is 1. The molecule has 0 heterocycles. The third-order valence-corrected chi connectivity index (χ3v) is 2.55. The Morgan fingerprint density at radius 1 is 1.28 bits per heavy atom. The van der Waals surface area contributed by atoms with Gasteiger partial charge in [0.1, 0.15) is 6.04 Å². The largest absolute Gasteiger partial charge is 0.403 e. The molecule has 100 valence electrons. The summed E-state index contributed by atoms with van der Waals surface area (Å²) in [6, 6.07) is 3.93. The van der Waals surface area contributed by atoms with Crippen LogP contribution >= 0.6 is 0 Å². The molecule has 0 fully saturated rings. The molecule has 0 spiro atoms. The van der Waals surface area contributed by atoms with E-state index in [0.29, 0.717) is 12.8 Å². The van der Waals surface area contributed by atoms with Crippen molar-refractivity contribution in [3.8, 4) is 0 Å². The van der Waals surface area contributed by atoms with E-state index in [-0.39, 0.29) is 12.1 Å². The number of nitro groups is 1. The molecule has 4 nitrogen and oxygen atoms in total. The lowest BCUT2D eigenvalue weighted by Crippen LogP contribution is -2.37. The summed E-state index contributed by atoms with van der Waals surface area (Å²) < 4.78 is 36.4. The van der Waals surface area contributed by atoms with E-state index in [4.69, 9.17) is 5.73 Å². The summed E-state index contributed by atoms with van der Waals surface area (Å²) in [5.41, 5.74) is 5.69. The number of aryl methyl sites for hydroxylation is 1. The lowest BCUT2D eigenvalue weighted by Gasteiger charge is -2.14. The van der Waals surface area contributed by atoms with Gasteiger partial charge >= 0.3 is 6.18 Å². The maximum Gasteiger partial charge on any atom is 0.403 e. The number of nitrogens with two attached hydrogens (primary N) is 1. The second-order valence-electron chi connectivity index (χ2n) is 3.96. The highest BCUT2D eigenvalue weighted by Crippen LogP contribution is 2.22. The van der Waals surface area contributed by atoms with E-state index in [0.717, 1.165) is 5.56 Å². The van der Waals surface area contributed by atoms with Gasteiger partial charge in [-0.15, -0.1) is 0 Å². The lowest BCUT2D eigenvalue weighted by molar-refractivity contribution is -0.384. The first-order valence-electron chi connectivity index (χ1n) is 5.36. The van der Waals surface area contributed by atoms with Crippen molar-refractivity contribution < 1.29 is 18.1 Å². The molecule has 1 aromatic carbocycles. The molecule has 7 heteroatoms. The van der Waals surface area contributed by atoms with Gasteiger partial charge in [0.25, 0.3) is 5.69 Å². The van der Waals surface area contributed by atoms with Crippen LogP contribution in [0.5, 0.6) is 0 Å². The summed E-state index contributed by atoms with van der Waals surface area (Å²) in [6.45, 7) is 0. The fraction of sp³-hybridized carbons (Fsp3) is 0.455. The predicted molar refractivity (Wildman–Crippen MR) is 60.1 cm³/mol. The Kier molecular flexibility index (Phi) is 4.66. The van der Waals surface area contributed by atoms with Crippen molar-refractivity contribution in [1.29, 1.82) is 0 Å². The summed E-state index contributed by atoms with van der Waals surface area (Å²) >= 11 is 0. The number of nitro benzene ring substituents is 1. The van der Waals surface area contributed by atoms with Gasteiger partial charge in [-0.05, 0) is 24.8 Å². The summed E-state index contributed by atoms with van der Waals surface area (Å²) in [7, 11) is 0. The SMILES string of the molecule is N[C@@H](CCCc1ccc([N+](=O)[O-])cc1)C(F)(F)F. The van der Waals surface area contributed by atoms with Crippen molar-refractivity contribution in [2.24, 2.45) is 5.73 Å². The average Bonchev–Trinajstić information content (AvgIpc) is 2.28. The van der Waals surface area contributed by atoms with Crippen molar-refractivity contribution in [2.45, 2.75) is 31.5 Å². The van der Waals surface area contributed by atoms with Crippen LogP contribution in [0.25, 0.3) is 0 Å². The van der Waals surface area contributed by atoms with Crippen molar-refractivity contribution in [3.05, 3.63) is 39.9 Å². The molecule has 0 amide bonds. The van der Waals surface area contributed by atoms with Gasteiger partial charge < -0.3 is 5.73 Å². The lowest BCUT2D eigenvalue weighted by atomic mass is 10.0. The Morgan fingerprint density at radius 2 is 1.83 bits per heavy atom. The number of benzene rings is 1. The third-order valence-electron chi connectivity index (χ3n) is 2.55. The second-order valence-corrected chi connectivity index (χ2v) is 3.96. The van der Waals surface area contributed by atoms with E-state index in [1.165, 1.54) is 24.3 Å². The molecule has 1 atom stereocenters. The zero-order valence-electron chi connectivity index (χ0n) is 9.48. The molecule has 2 N–H and O–H groups in total. The minimum Gasteiger partial charge on any atom is -0.320 e. The molecule has 0 saturated carbocycles. The molecule has 0 aliphatic carbocycles. The minimum atomic E-state index is -4.37. The monoisotopic (exact) mass is 262 g/mol. The van der Waals surface area contributed by atoms with Gasteiger partial charge in [-0.2, -0.15) is 13.2 Å². The van der Waals surface area contributed by atoms with E-state index in [2.05, 4.69) is 0 Å². The number of halogens is 3. The molecule has 1 aromatic rings. The van der Waals surface area contributed by atoms with Gasteiger partial charge in [-0.25, -0.2) is 0 Å². The summed E-state index contributed by atoms with van der Waals surface area (Å²) in [4.78, 5) is 9.87. The van der Waals surface area contributed by atoms with Crippen molar-refractivity contribution in [3.63, 3.8) is 0 Å². The Bertz CT molecular complexity index is 404. The molecule has 0 aliphatic rings. The van der Waals surface area contributed by atoms with Crippen molar-refractivity contribution in [2.75, 3.05) is 0 Å². The van der Waals surface area contributed by atoms with Crippen LogP contribution in [0.3, 0.4) is 0 Å². The number of alkyl halides is 3. The van der Waals surface area contributed by atoms with E-state index in [1.54, 1.807) is 0 Å². The van der Waals surface area contributed by atoms with E-state index in [9.17, 15) is 23.3 Å². The fourth-order valence-corrected chi connectivity index (χ4v) is 1.47. The third kappa shape index (κ3) is 4.33. The highest BCUT2D eigenvalue weighted by molar-refractivity contribution is 5.32. The van der Waals surface area contributed by atoms with Crippen LogP contribution in [0.15, 0.2) is 24.3 Å². The number of hydrogen-bond donors (Lipinski definition) is 1. The smallest absolute Gasteiger partial charge is 0.320 e. The quantitative estimate of drug-likeness (QED) is 0.655. The van der Waals surface area contributed by atoms with Gasteiger partial charge in [0, 0.05) is 12.1 Å². The van der Waals surface area contributed by atoms with Gasteiger partial charge in [-0.1, -0.05) is 12.1 Å². The van der Waals surface area contributed by atoms with E-state index < -0.39 is 17.1 Å². The van der Waals surface area contributed by atoms with Crippen LogP contribution in [0.4, 0.5) is 18.9 Å². The van der Waals surface area contributed by atoms with E-state index >= 15 is 0 Å². The van der Waals surface area contributed by atoms with Crippen molar-refractivity contribution >= 4 is 5.69 Å². The fourth-order valence-electron chi connectivity index (χ4n) is 1.47. The highest BCUT2D eigenvalue weighted by Gasteiger charge is 2.35. The molecular formula is C11H13F3N2O2. The molecular weight excluding hydrogens is 249 g/mol. The Labute approximate surface area is 102 Å². The van der Waals surface area contributed by atoms with Crippen molar-refractivity contribution in [1.82, 2.24) is 0 Å². The topological polar surface area (TPSA) is 69.2 Å². The first kappa shape index (κ1) is 14.4. The molecule has 1 rings (SSSR count). The zero-order valence-corrected chi connectivity index (χ0v) is 9.48.